The summed E-state index contributed by atoms with van der Waals surface area (Å²) in [6.45, 7) is 4.40. The standard InChI is InChI=1S/C14H16FN3O/c1-3-19-14-13(5-4-8-16-14)18-10(2)12-7-6-11(15)9-17-12/h4-10,18H,3H2,1-2H3. The summed E-state index contributed by atoms with van der Waals surface area (Å²) in [4.78, 5) is 8.22. The third-order valence-corrected chi connectivity index (χ3v) is 2.62. The normalized spacial score (nSPS) is 11.9. The fourth-order valence-corrected chi connectivity index (χ4v) is 1.70. The highest BCUT2D eigenvalue weighted by atomic mass is 19.1. The number of nitrogens with zero attached hydrogens (tertiary/aromatic N) is 2. The highest BCUT2D eigenvalue weighted by Crippen LogP contribution is 2.25. The number of nitrogens with one attached hydrogen (secondary N) is 1. The maximum atomic E-state index is 12.8. The largest absolute Gasteiger partial charge is 0.476 e. The van der Waals surface area contributed by atoms with Gasteiger partial charge in [0.2, 0.25) is 5.88 Å². The second kappa shape index (κ2) is 6.13. The number of ether oxygens (including phenoxy) is 1. The molecule has 5 heteroatoms. The van der Waals surface area contributed by atoms with E-state index in [1.807, 2.05) is 26.0 Å². The lowest BCUT2D eigenvalue weighted by atomic mass is 10.2. The minimum atomic E-state index is -0.340. The predicted molar refractivity (Wildman–Crippen MR) is 71.6 cm³/mol. The second-order valence-electron chi connectivity index (χ2n) is 4.06. The summed E-state index contributed by atoms with van der Waals surface area (Å²) in [6.07, 6.45) is 2.89. The van der Waals surface area contributed by atoms with E-state index < -0.39 is 0 Å². The Morgan fingerprint density at radius 3 is 2.84 bits per heavy atom. The number of halogens is 1. The lowest BCUT2D eigenvalue weighted by Gasteiger charge is -2.16. The lowest BCUT2D eigenvalue weighted by Crippen LogP contribution is -2.10. The molecular formula is C14H16FN3O. The molecule has 0 aromatic carbocycles. The number of aromatic nitrogens is 2. The highest BCUT2D eigenvalue weighted by molar-refractivity contribution is 5.53. The summed E-state index contributed by atoms with van der Waals surface area (Å²) < 4.78 is 18.3. The number of rotatable bonds is 5. The van der Waals surface area contributed by atoms with E-state index in [1.165, 1.54) is 12.3 Å². The number of anilines is 1. The van der Waals surface area contributed by atoms with E-state index >= 15 is 0 Å². The average molecular weight is 261 g/mol. The Bertz CT molecular complexity index is 530. The van der Waals surface area contributed by atoms with E-state index in [-0.39, 0.29) is 11.9 Å². The van der Waals surface area contributed by atoms with Crippen LogP contribution in [0.3, 0.4) is 0 Å². The van der Waals surface area contributed by atoms with Crippen LogP contribution in [0.15, 0.2) is 36.7 Å². The van der Waals surface area contributed by atoms with Crippen LogP contribution in [0.2, 0.25) is 0 Å². The van der Waals surface area contributed by atoms with E-state index in [4.69, 9.17) is 4.74 Å². The third kappa shape index (κ3) is 3.40. The zero-order valence-corrected chi connectivity index (χ0v) is 10.9. The Labute approximate surface area is 111 Å². The average Bonchev–Trinajstić information content (AvgIpc) is 2.42. The van der Waals surface area contributed by atoms with Crippen LogP contribution in [0.4, 0.5) is 10.1 Å². The molecule has 0 aliphatic carbocycles. The fourth-order valence-electron chi connectivity index (χ4n) is 1.70. The monoisotopic (exact) mass is 261 g/mol. The van der Waals surface area contributed by atoms with Crippen molar-refractivity contribution < 1.29 is 9.13 Å². The van der Waals surface area contributed by atoms with E-state index in [2.05, 4.69) is 15.3 Å². The maximum Gasteiger partial charge on any atom is 0.237 e. The van der Waals surface area contributed by atoms with Crippen molar-refractivity contribution >= 4 is 5.69 Å². The van der Waals surface area contributed by atoms with Crippen LogP contribution >= 0.6 is 0 Å². The molecule has 0 bridgehead atoms. The van der Waals surface area contributed by atoms with Gasteiger partial charge in [0, 0.05) is 6.20 Å². The van der Waals surface area contributed by atoms with Crippen molar-refractivity contribution in [2.45, 2.75) is 19.9 Å². The van der Waals surface area contributed by atoms with Gasteiger partial charge < -0.3 is 10.1 Å². The SMILES string of the molecule is CCOc1ncccc1NC(C)c1ccc(F)cn1. The van der Waals surface area contributed by atoms with E-state index in [0.717, 1.165) is 11.4 Å². The fraction of sp³-hybridized carbons (Fsp3) is 0.286. The minimum Gasteiger partial charge on any atom is -0.476 e. The molecule has 1 atom stereocenters. The summed E-state index contributed by atoms with van der Waals surface area (Å²) in [5.41, 5.74) is 1.55. The van der Waals surface area contributed by atoms with Crippen LogP contribution in [-0.2, 0) is 0 Å². The topological polar surface area (TPSA) is 47.0 Å². The predicted octanol–water partition coefficient (Wildman–Crippen LogP) is 3.19. The molecule has 0 aliphatic rings. The van der Waals surface area contributed by atoms with Crippen molar-refractivity contribution in [3.63, 3.8) is 0 Å². The highest BCUT2D eigenvalue weighted by Gasteiger charge is 2.10. The zero-order chi connectivity index (χ0) is 13.7. The van der Waals surface area contributed by atoms with Gasteiger partial charge in [-0.3, -0.25) is 4.98 Å². The van der Waals surface area contributed by atoms with E-state index in [9.17, 15) is 4.39 Å². The Kier molecular flexibility index (Phi) is 4.28. The zero-order valence-electron chi connectivity index (χ0n) is 10.9. The van der Waals surface area contributed by atoms with Crippen molar-refractivity contribution in [2.24, 2.45) is 0 Å². The van der Waals surface area contributed by atoms with Gasteiger partial charge in [0.05, 0.1) is 30.2 Å². The molecule has 2 aromatic rings. The Morgan fingerprint density at radius 1 is 1.32 bits per heavy atom. The molecule has 0 aliphatic heterocycles. The van der Waals surface area contributed by atoms with Crippen molar-refractivity contribution in [1.82, 2.24) is 9.97 Å². The van der Waals surface area contributed by atoms with Gasteiger partial charge in [-0.25, -0.2) is 9.37 Å². The molecule has 2 heterocycles. The molecule has 0 amide bonds. The Balaban J connectivity index is 2.14. The summed E-state index contributed by atoms with van der Waals surface area (Å²) in [7, 11) is 0. The number of pyridine rings is 2. The number of hydrogen-bond acceptors (Lipinski definition) is 4. The van der Waals surface area contributed by atoms with E-state index in [0.29, 0.717) is 12.5 Å². The van der Waals surface area contributed by atoms with Gasteiger partial charge in [-0.2, -0.15) is 0 Å². The Morgan fingerprint density at radius 2 is 2.16 bits per heavy atom. The molecule has 2 aromatic heterocycles. The Hall–Kier alpha value is -2.17. The van der Waals surface area contributed by atoms with Gasteiger partial charge in [0.25, 0.3) is 0 Å². The molecule has 100 valence electrons. The van der Waals surface area contributed by atoms with Crippen LogP contribution in [0.25, 0.3) is 0 Å². The molecule has 0 spiro atoms. The number of hydrogen-bond donors (Lipinski definition) is 1. The summed E-state index contributed by atoms with van der Waals surface area (Å²) in [6, 6.07) is 6.70. The van der Waals surface area contributed by atoms with Crippen LogP contribution in [0.1, 0.15) is 25.6 Å². The molecular weight excluding hydrogens is 245 g/mol. The van der Waals surface area contributed by atoms with Gasteiger partial charge in [0.1, 0.15) is 5.82 Å². The van der Waals surface area contributed by atoms with Crippen molar-refractivity contribution in [1.29, 1.82) is 0 Å². The summed E-state index contributed by atoms with van der Waals surface area (Å²) in [5.74, 6) is 0.214. The first-order valence-electron chi connectivity index (χ1n) is 6.16. The molecule has 0 saturated heterocycles. The molecule has 1 unspecified atom stereocenters. The maximum absolute atomic E-state index is 12.8. The van der Waals surface area contributed by atoms with Crippen LogP contribution in [0.5, 0.6) is 5.88 Å². The minimum absolute atomic E-state index is 0.0657. The van der Waals surface area contributed by atoms with Gasteiger partial charge in [-0.15, -0.1) is 0 Å². The van der Waals surface area contributed by atoms with Crippen LogP contribution in [-0.4, -0.2) is 16.6 Å². The first kappa shape index (κ1) is 13.3. The summed E-state index contributed by atoms with van der Waals surface area (Å²) >= 11 is 0. The van der Waals surface area contributed by atoms with Gasteiger partial charge in [-0.1, -0.05) is 0 Å². The smallest absolute Gasteiger partial charge is 0.237 e. The van der Waals surface area contributed by atoms with Crippen LogP contribution in [0, 0.1) is 5.82 Å². The first-order valence-corrected chi connectivity index (χ1v) is 6.16. The molecule has 0 fully saturated rings. The first-order chi connectivity index (χ1) is 9.20. The van der Waals surface area contributed by atoms with Crippen LogP contribution < -0.4 is 10.1 Å². The second-order valence-corrected chi connectivity index (χ2v) is 4.06. The molecule has 0 radical (unpaired) electrons. The van der Waals surface area contributed by atoms with Gasteiger partial charge in [-0.05, 0) is 38.1 Å². The quantitative estimate of drug-likeness (QED) is 0.898. The molecule has 19 heavy (non-hydrogen) atoms. The van der Waals surface area contributed by atoms with E-state index in [1.54, 1.807) is 12.3 Å². The third-order valence-electron chi connectivity index (χ3n) is 2.62. The molecule has 1 N–H and O–H groups in total. The van der Waals surface area contributed by atoms with Crippen molar-refractivity contribution in [3.8, 4) is 5.88 Å². The molecule has 0 saturated carbocycles. The lowest BCUT2D eigenvalue weighted by molar-refractivity contribution is 0.328. The van der Waals surface area contributed by atoms with Crippen molar-refractivity contribution in [2.75, 3.05) is 11.9 Å². The summed E-state index contributed by atoms with van der Waals surface area (Å²) in [5, 5.41) is 3.26. The van der Waals surface area contributed by atoms with Crippen molar-refractivity contribution in [3.05, 3.63) is 48.2 Å². The van der Waals surface area contributed by atoms with Gasteiger partial charge in [0.15, 0.2) is 0 Å². The molecule has 2 rings (SSSR count). The van der Waals surface area contributed by atoms with Gasteiger partial charge >= 0.3 is 0 Å². The molecule has 4 nitrogen and oxygen atoms in total.